The first-order valence-electron chi connectivity index (χ1n) is 10.4. The van der Waals surface area contributed by atoms with Crippen LogP contribution in [-0.2, 0) is 28.4 Å². The molecule has 2 aromatic heterocycles. The molecule has 1 N–H and O–H groups in total. The lowest BCUT2D eigenvalue weighted by Gasteiger charge is -2.27. The van der Waals surface area contributed by atoms with E-state index in [1.54, 1.807) is 24.3 Å². The third-order valence-electron chi connectivity index (χ3n) is 5.80. The predicted octanol–water partition coefficient (Wildman–Crippen LogP) is 3.34. The minimum Gasteiger partial charge on any atom is -0.379 e. The first kappa shape index (κ1) is 21.1. The van der Waals surface area contributed by atoms with E-state index in [0.717, 1.165) is 21.1 Å². The van der Waals surface area contributed by atoms with Crippen LogP contribution < -0.4 is 5.32 Å². The first-order chi connectivity index (χ1) is 15.5. The van der Waals surface area contributed by atoms with Crippen LogP contribution in [0.2, 0.25) is 0 Å². The molecule has 7 nitrogen and oxygen atoms in total. The number of aromatic nitrogens is 1. The van der Waals surface area contributed by atoms with E-state index < -0.39 is 10.0 Å². The molecule has 0 bridgehead atoms. The van der Waals surface area contributed by atoms with Crippen LogP contribution in [0.25, 0.3) is 21.1 Å². The molecule has 0 spiro atoms. The van der Waals surface area contributed by atoms with Gasteiger partial charge in [0.1, 0.15) is 4.83 Å². The highest BCUT2D eigenvalue weighted by Crippen LogP contribution is 2.34. The molecule has 0 saturated carbocycles. The van der Waals surface area contributed by atoms with E-state index in [2.05, 4.69) is 22.0 Å². The second-order valence-corrected chi connectivity index (χ2v) is 10.6. The van der Waals surface area contributed by atoms with Crippen molar-refractivity contribution in [1.29, 1.82) is 0 Å². The minimum absolute atomic E-state index is 0.133. The summed E-state index contributed by atoms with van der Waals surface area (Å²) in [6.07, 6.45) is 0. The highest BCUT2D eigenvalue weighted by Gasteiger charge is 2.28. The molecule has 0 aliphatic carbocycles. The second kappa shape index (κ2) is 8.32. The number of thiophene rings is 1. The Morgan fingerprint density at radius 3 is 2.59 bits per heavy atom. The Labute approximate surface area is 190 Å². The Bertz CT molecular complexity index is 1420. The second-order valence-electron chi connectivity index (χ2n) is 7.71. The lowest BCUT2D eigenvalue weighted by atomic mass is 10.2. The zero-order valence-electron chi connectivity index (χ0n) is 17.6. The van der Waals surface area contributed by atoms with E-state index >= 15 is 0 Å². The van der Waals surface area contributed by atoms with Crippen molar-refractivity contribution in [2.24, 2.45) is 7.05 Å². The van der Waals surface area contributed by atoms with E-state index in [9.17, 15) is 13.2 Å². The van der Waals surface area contributed by atoms with Crippen molar-refractivity contribution in [2.75, 3.05) is 26.3 Å². The Kier molecular flexibility index (Phi) is 5.50. The number of carbonyl (C=O) groups is 1. The predicted molar refractivity (Wildman–Crippen MR) is 125 cm³/mol. The quantitative estimate of drug-likeness (QED) is 0.486. The minimum atomic E-state index is -3.65. The largest absolute Gasteiger partial charge is 0.379 e. The maximum atomic E-state index is 13.1. The number of carbonyl (C=O) groups excluding carboxylic acids is 1. The third kappa shape index (κ3) is 3.61. The molecule has 1 saturated heterocycles. The van der Waals surface area contributed by atoms with Gasteiger partial charge in [-0.1, -0.05) is 36.4 Å². The lowest BCUT2D eigenvalue weighted by molar-refractivity contribution is 0.0730. The molecular formula is C23H23N3O4S2. The van der Waals surface area contributed by atoms with Crippen molar-refractivity contribution in [1.82, 2.24) is 14.2 Å². The van der Waals surface area contributed by atoms with E-state index in [4.69, 9.17) is 4.74 Å². The van der Waals surface area contributed by atoms with Crippen LogP contribution in [0.3, 0.4) is 0 Å². The number of morpholine rings is 1. The van der Waals surface area contributed by atoms with Crippen molar-refractivity contribution >= 4 is 48.4 Å². The number of nitrogens with one attached hydrogen (secondary N) is 1. The van der Waals surface area contributed by atoms with E-state index in [-0.39, 0.29) is 17.3 Å². The summed E-state index contributed by atoms with van der Waals surface area (Å²) in [5, 5.41) is 5.07. The van der Waals surface area contributed by atoms with E-state index in [0.29, 0.717) is 36.7 Å². The van der Waals surface area contributed by atoms with E-state index in [1.165, 1.54) is 15.6 Å². The topological polar surface area (TPSA) is 80.6 Å². The monoisotopic (exact) mass is 469 g/mol. The van der Waals surface area contributed by atoms with Crippen molar-refractivity contribution in [2.45, 2.75) is 11.4 Å². The molecule has 32 heavy (non-hydrogen) atoms. The molecule has 3 heterocycles. The smallest absolute Gasteiger partial charge is 0.261 e. The van der Waals surface area contributed by atoms with Gasteiger partial charge in [0.2, 0.25) is 10.0 Å². The van der Waals surface area contributed by atoms with Crippen LogP contribution in [0.1, 0.15) is 15.2 Å². The SMILES string of the molecule is Cn1c2ccccc2c2cc(C(=O)NCc3ccccc3S(=O)(=O)N3CCOCC3)sc21. The molecule has 166 valence electrons. The number of rotatable bonds is 5. The van der Waals surface area contributed by atoms with Crippen LogP contribution in [0.4, 0.5) is 0 Å². The Balaban J connectivity index is 1.38. The molecule has 4 aromatic rings. The molecule has 1 aliphatic rings. The van der Waals surface area contributed by atoms with Gasteiger partial charge >= 0.3 is 0 Å². The average Bonchev–Trinajstić information content (AvgIpc) is 3.38. The standard InChI is InChI=1S/C23H23N3O4S2/c1-25-19-8-4-3-7-17(19)18-14-20(31-23(18)25)22(27)24-15-16-6-2-5-9-21(16)32(28,29)26-10-12-30-13-11-26/h2-9,14H,10-13,15H2,1H3,(H,24,27). The van der Waals surface area contributed by atoms with Gasteiger partial charge in [0, 0.05) is 43.0 Å². The number of benzene rings is 2. The number of hydrogen-bond acceptors (Lipinski definition) is 5. The number of nitrogens with zero attached hydrogens (tertiary/aromatic N) is 2. The van der Waals surface area contributed by atoms with Gasteiger partial charge in [-0.3, -0.25) is 4.79 Å². The highest BCUT2D eigenvalue weighted by molar-refractivity contribution is 7.89. The maximum Gasteiger partial charge on any atom is 0.261 e. The third-order valence-corrected chi connectivity index (χ3v) is 9.01. The van der Waals surface area contributed by atoms with Gasteiger partial charge in [-0.25, -0.2) is 8.42 Å². The molecule has 1 amide bonds. The molecule has 1 aliphatic heterocycles. The van der Waals surface area contributed by atoms with Crippen LogP contribution in [0.15, 0.2) is 59.5 Å². The molecule has 0 atom stereocenters. The molecule has 9 heteroatoms. The Hall–Kier alpha value is -2.72. The molecule has 1 fully saturated rings. The summed E-state index contributed by atoms with van der Waals surface area (Å²) in [7, 11) is -1.65. The van der Waals surface area contributed by atoms with Crippen LogP contribution >= 0.6 is 11.3 Å². The Morgan fingerprint density at radius 2 is 1.78 bits per heavy atom. The van der Waals surface area contributed by atoms with Gasteiger partial charge in [-0.15, -0.1) is 11.3 Å². The number of ether oxygens (including phenoxy) is 1. The summed E-state index contributed by atoms with van der Waals surface area (Å²) in [5.74, 6) is -0.214. The lowest BCUT2D eigenvalue weighted by Crippen LogP contribution is -2.41. The van der Waals surface area contributed by atoms with Crippen molar-refractivity contribution in [3.05, 3.63) is 65.0 Å². The number of aryl methyl sites for hydroxylation is 1. The number of amides is 1. The summed E-state index contributed by atoms with van der Waals surface area (Å²) in [6, 6.07) is 16.8. The van der Waals surface area contributed by atoms with Gasteiger partial charge in [0.25, 0.3) is 5.91 Å². The molecular weight excluding hydrogens is 446 g/mol. The zero-order chi connectivity index (χ0) is 22.3. The highest BCUT2D eigenvalue weighted by atomic mass is 32.2. The normalized spacial score (nSPS) is 15.4. The van der Waals surface area contributed by atoms with Gasteiger partial charge < -0.3 is 14.6 Å². The van der Waals surface area contributed by atoms with Crippen LogP contribution in [0, 0.1) is 0 Å². The first-order valence-corrected chi connectivity index (χ1v) is 12.6. The fourth-order valence-corrected chi connectivity index (χ4v) is 6.82. The summed E-state index contributed by atoms with van der Waals surface area (Å²) in [5.41, 5.74) is 1.70. The number of hydrogen-bond donors (Lipinski definition) is 1. The Morgan fingerprint density at radius 1 is 1.06 bits per heavy atom. The number of sulfonamides is 1. The van der Waals surface area contributed by atoms with Crippen LogP contribution in [-0.4, -0.2) is 49.5 Å². The maximum absolute atomic E-state index is 13.1. The summed E-state index contributed by atoms with van der Waals surface area (Å²) < 4.78 is 35.1. The summed E-state index contributed by atoms with van der Waals surface area (Å²) in [6.45, 7) is 1.57. The summed E-state index contributed by atoms with van der Waals surface area (Å²) >= 11 is 1.44. The van der Waals surface area contributed by atoms with Crippen molar-refractivity contribution in [3.63, 3.8) is 0 Å². The molecule has 0 unspecified atom stereocenters. The van der Waals surface area contributed by atoms with E-state index in [1.807, 2.05) is 25.2 Å². The number of para-hydroxylation sites is 1. The van der Waals surface area contributed by atoms with Gasteiger partial charge in [-0.2, -0.15) is 4.31 Å². The zero-order valence-corrected chi connectivity index (χ0v) is 19.2. The van der Waals surface area contributed by atoms with Gasteiger partial charge in [0.15, 0.2) is 0 Å². The van der Waals surface area contributed by atoms with Crippen LogP contribution in [0.5, 0.6) is 0 Å². The van der Waals surface area contributed by atoms with Gasteiger partial charge in [-0.05, 0) is 23.8 Å². The van der Waals surface area contributed by atoms with Crippen molar-refractivity contribution < 1.29 is 17.9 Å². The van der Waals surface area contributed by atoms with Crippen molar-refractivity contribution in [3.8, 4) is 0 Å². The van der Waals surface area contributed by atoms with Gasteiger partial charge in [0.05, 0.1) is 23.0 Å². The molecule has 5 rings (SSSR count). The fraction of sp³-hybridized carbons (Fsp3) is 0.261. The number of fused-ring (bicyclic) bond motifs is 3. The summed E-state index contributed by atoms with van der Waals surface area (Å²) in [4.78, 5) is 14.8. The fourth-order valence-electron chi connectivity index (χ4n) is 4.13. The molecule has 0 radical (unpaired) electrons. The molecule has 2 aromatic carbocycles. The average molecular weight is 470 g/mol.